The molecule has 1 aromatic heterocycles. The van der Waals surface area contributed by atoms with Gasteiger partial charge in [-0.05, 0) is 36.4 Å². The van der Waals surface area contributed by atoms with Crippen molar-refractivity contribution >= 4 is 34.9 Å². The summed E-state index contributed by atoms with van der Waals surface area (Å²) in [5.74, 6) is -0.380. The summed E-state index contributed by atoms with van der Waals surface area (Å²) in [6.45, 7) is 0. The van der Waals surface area contributed by atoms with Gasteiger partial charge in [0.2, 0.25) is 0 Å². The van der Waals surface area contributed by atoms with E-state index in [9.17, 15) is 9.59 Å². The summed E-state index contributed by atoms with van der Waals surface area (Å²) in [4.78, 5) is 24.9. The predicted molar refractivity (Wildman–Crippen MR) is 99.8 cm³/mol. The Morgan fingerprint density at radius 2 is 1.58 bits per heavy atom. The van der Waals surface area contributed by atoms with E-state index < -0.39 is 0 Å². The highest BCUT2D eigenvalue weighted by Crippen LogP contribution is 2.27. The van der Waals surface area contributed by atoms with Gasteiger partial charge in [-0.2, -0.15) is 0 Å². The number of nitrogens with zero attached hydrogens (tertiary/aromatic N) is 1. The first-order valence-electron chi connectivity index (χ1n) is 7.75. The van der Waals surface area contributed by atoms with Crippen LogP contribution in [0.1, 0.15) is 26.5 Å². The van der Waals surface area contributed by atoms with Crippen molar-refractivity contribution in [3.63, 3.8) is 0 Å². The van der Waals surface area contributed by atoms with E-state index in [2.05, 4.69) is 10.5 Å². The van der Waals surface area contributed by atoms with Gasteiger partial charge in [0.25, 0.3) is 5.91 Å². The molecule has 2 aromatic carbocycles. The molecule has 132 valence electrons. The summed E-state index contributed by atoms with van der Waals surface area (Å²) in [6.07, 6.45) is -0.0923. The molecule has 0 fully saturated rings. The minimum absolute atomic E-state index is 0.0923. The Balaban J connectivity index is 1.96. The van der Waals surface area contributed by atoms with Gasteiger partial charge in [0, 0.05) is 28.2 Å². The van der Waals surface area contributed by atoms with E-state index in [1.165, 1.54) is 7.05 Å². The van der Waals surface area contributed by atoms with Crippen LogP contribution in [0.4, 0.5) is 0 Å². The van der Waals surface area contributed by atoms with Crippen LogP contribution in [0, 0.1) is 0 Å². The van der Waals surface area contributed by atoms with Gasteiger partial charge in [0.15, 0.2) is 11.5 Å². The van der Waals surface area contributed by atoms with E-state index in [0.717, 1.165) is 0 Å². The largest absolute Gasteiger partial charge is 0.359 e. The fourth-order valence-electron chi connectivity index (χ4n) is 2.49. The third-order valence-corrected chi connectivity index (χ3v) is 4.33. The number of carbonyl (C=O) groups is 2. The van der Waals surface area contributed by atoms with Crippen molar-refractivity contribution in [1.29, 1.82) is 0 Å². The normalized spacial score (nSPS) is 10.6. The zero-order chi connectivity index (χ0) is 18.7. The maximum absolute atomic E-state index is 12.5. The summed E-state index contributed by atoms with van der Waals surface area (Å²) >= 11 is 11.7. The number of carbonyl (C=O) groups excluding carboxylic acids is 2. The lowest BCUT2D eigenvalue weighted by Crippen LogP contribution is -2.20. The molecule has 0 radical (unpaired) electrons. The van der Waals surface area contributed by atoms with E-state index in [-0.39, 0.29) is 29.4 Å². The SMILES string of the molecule is CNC(=O)c1c(-c2ccc(Cl)cc2)noc1CC(=O)c1ccc(Cl)cc1. The van der Waals surface area contributed by atoms with Crippen LogP contribution >= 0.6 is 23.2 Å². The molecule has 26 heavy (non-hydrogen) atoms. The van der Waals surface area contributed by atoms with Gasteiger partial charge in [0.1, 0.15) is 11.3 Å². The number of nitrogens with one attached hydrogen (secondary N) is 1. The van der Waals surface area contributed by atoms with Crippen LogP contribution in [0.2, 0.25) is 10.0 Å². The third-order valence-electron chi connectivity index (χ3n) is 3.82. The smallest absolute Gasteiger partial charge is 0.256 e. The fourth-order valence-corrected chi connectivity index (χ4v) is 2.74. The van der Waals surface area contributed by atoms with Crippen molar-refractivity contribution in [3.8, 4) is 11.3 Å². The van der Waals surface area contributed by atoms with Crippen LogP contribution in [0.15, 0.2) is 53.1 Å². The van der Waals surface area contributed by atoms with Crippen LogP contribution in [-0.2, 0) is 6.42 Å². The van der Waals surface area contributed by atoms with Crippen molar-refractivity contribution in [1.82, 2.24) is 10.5 Å². The second-order valence-electron chi connectivity index (χ2n) is 5.52. The van der Waals surface area contributed by atoms with Gasteiger partial charge in [-0.1, -0.05) is 40.5 Å². The van der Waals surface area contributed by atoms with Crippen molar-refractivity contribution < 1.29 is 14.1 Å². The molecule has 1 N–H and O–H groups in total. The molecule has 1 amide bonds. The Kier molecular flexibility index (Phi) is 5.40. The number of aromatic nitrogens is 1. The average molecular weight is 389 g/mol. The first kappa shape index (κ1) is 18.2. The summed E-state index contributed by atoms with van der Waals surface area (Å²) in [7, 11) is 1.51. The Labute approximate surface area is 159 Å². The number of ketones is 1. The van der Waals surface area contributed by atoms with E-state index in [4.69, 9.17) is 27.7 Å². The lowest BCUT2D eigenvalue weighted by Gasteiger charge is -2.04. The quantitative estimate of drug-likeness (QED) is 0.656. The van der Waals surface area contributed by atoms with Crippen molar-refractivity contribution in [2.24, 2.45) is 0 Å². The predicted octanol–water partition coefficient (Wildman–Crippen LogP) is 4.43. The van der Waals surface area contributed by atoms with Gasteiger partial charge in [-0.3, -0.25) is 9.59 Å². The number of benzene rings is 2. The molecule has 0 aliphatic rings. The number of halogens is 2. The van der Waals surface area contributed by atoms with E-state index in [0.29, 0.717) is 26.9 Å². The van der Waals surface area contributed by atoms with E-state index in [1.54, 1.807) is 48.5 Å². The highest BCUT2D eigenvalue weighted by Gasteiger charge is 2.25. The highest BCUT2D eigenvalue weighted by atomic mass is 35.5. The second-order valence-corrected chi connectivity index (χ2v) is 6.40. The monoisotopic (exact) mass is 388 g/mol. The van der Waals surface area contributed by atoms with Crippen LogP contribution in [0.5, 0.6) is 0 Å². The average Bonchev–Trinajstić information content (AvgIpc) is 3.05. The van der Waals surface area contributed by atoms with Crippen molar-refractivity contribution in [2.75, 3.05) is 7.05 Å². The first-order chi connectivity index (χ1) is 12.5. The first-order valence-corrected chi connectivity index (χ1v) is 8.50. The summed E-state index contributed by atoms with van der Waals surface area (Å²) in [6, 6.07) is 13.4. The number of Topliss-reactive ketones (excluding diaryl/α,β-unsaturated/α-hetero) is 1. The summed E-state index contributed by atoms with van der Waals surface area (Å²) < 4.78 is 5.33. The maximum atomic E-state index is 12.5. The summed E-state index contributed by atoms with van der Waals surface area (Å²) in [5, 5.41) is 7.66. The van der Waals surface area contributed by atoms with Gasteiger partial charge >= 0.3 is 0 Å². The minimum Gasteiger partial charge on any atom is -0.359 e. The third kappa shape index (κ3) is 3.79. The number of hydrogen-bond acceptors (Lipinski definition) is 4. The van der Waals surface area contributed by atoms with Crippen LogP contribution < -0.4 is 5.32 Å². The fraction of sp³-hybridized carbons (Fsp3) is 0.105. The molecule has 0 aliphatic heterocycles. The summed E-state index contributed by atoms with van der Waals surface area (Å²) in [5.41, 5.74) is 1.74. The van der Waals surface area contributed by atoms with Crippen LogP contribution in [0.3, 0.4) is 0 Å². The number of rotatable bonds is 5. The molecule has 0 saturated heterocycles. The van der Waals surface area contributed by atoms with Crippen molar-refractivity contribution in [2.45, 2.75) is 6.42 Å². The molecule has 0 bridgehead atoms. The Morgan fingerprint density at radius 1 is 1.00 bits per heavy atom. The molecule has 3 aromatic rings. The maximum Gasteiger partial charge on any atom is 0.256 e. The molecule has 0 atom stereocenters. The molecular weight excluding hydrogens is 375 g/mol. The highest BCUT2D eigenvalue weighted by molar-refractivity contribution is 6.31. The van der Waals surface area contributed by atoms with E-state index >= 15 is 0 Å². The second kappa shape index (κ2) is 7.72. The lowest BCUT2D eigenvalue weighted by atomic mass is 10.0. The molecule has 3 rings (SSSR count). The van der Waals surface area contributed by atoms with Crippen molar-refractivity contribution in [3.05, 3.63) is 75.5 Å². The lowest BCUT2D eigenvalue weighted by molar-refractivity contribution is 0.0960. The minimum atomic E-state index is -0.380. The zero-order valence-corrected chi connectivity index (χ0v) is 15.3. The zero-order valence-electron chi connectivity index (χ0n) is 13.8. The number of amides is 1. The molecule has 1 heterocycles. The van der Waals surface area contributed by atoms with Gasteiger partial charge in [-0.25, -0.2) is 0 Å². The standard InChI is InChI=1S/C19H14Cl2N2O3/c1-22-19(25)17-16(10-15(24)11-2-6-13(20)7-3-11)26-23-18(17)12-4-8-14(21)9-5-12/h2-9H,10H2,1H3,(H,22,25). The molecule has 0 spiro atoms. The molecule has 0 aliphatic carbocycles. The van der Waals surface area contributed by atoms with E-state index in [1.807, 2.05) is 0 Å². The molecular formula is C19H14Cl2N2O3. The molecule has 0 saturated carbocycles. The number of hydrogen-bond donors (Lipinski definition) is 1. The Hall–Kier alpha value is -2.63. The van der Waals surface area contributed by atoms with Gasteiger partial charge < -0.3 is 9.84 Å². The van der Waals surface area contributed by atoms with Gasteiger partial charge in [0.05, 0.1) is 6.42 Å². The van der Waals surface area contributed by atoms with Gasteiger partial charge in [-0.15, -0.1) is 0 Å². The van der Waals surface area contributed by atoms with Crippen LogP contribution in [-0.4, -0.2) is 23.9 Å². The molecule has 7 heteroatoms. The topological polar surface area (TPSA) is 72.2 Å². The molecule has 5 nitrogen and oxygen atoms in total. The van der Waals surface area contributed by atoms with Crippen LogP contribution in [0.25, 0.3) is 11.3 Å². The Morgan fingerprint density at radius 3 is 2.15 bits per heavy atom. The molecule has 0 unspecified atom stereocenters. The Bertz CT molecular complexity index is 948.